The smallest absolute Gasteiger partial charge is 0.324 e. The lowest BCUT2D eigenvalue weighted by molar-refractivity contribution is -0.147. The van der Waals surface area contributed by atoms with Gasteiger partial charge in [-0.15, -0.1) is 0 Å². The number of aliphatic carboxylic acids is 1. The van der Waals surface area contributed by atoms with Gasteiger partial charge in [0, 0.05) is 39.3 Å². The maximum atomic E-state index is 11.2. The summed E-state index contributed by atoms with van der Waals surface area (Å²) in [5.41, 5.74) is -1.16. The summed E-state index contributed by atoms with van der Waals surface area (Å²) < 4.78 is 5.30. The van der Waals surface area contributed by atoms with Crippen LogP contribution >= 0.6 is 0 Å². The van der Waals surface area contributed by atoms with Crippen LogP contribution in [0.25, 0.3) is 0 Å². The fourth-order valence-corrected chi connectivity index (χ4v) is 2.64. The van der Waals surface area contributed by atoms with E-state index in [2.05, 4.69) is 9.80 Å². The van der Waals surface area contributed by atoms with Crippen LogP contribution in [0.15, 0.2) is 0 Å². The molecule has 2 fully saturated rings. The van der Waals surface area contributed by atoms with Gasteiger partial charge < -0.3 is 14.7 Å². The van der Waals surface area contributed by atoms with Crippen LogP contribution in [0.1, 0.15) is 12.8 Å². The first-order valence-corrected chi connectivity index (χ1v) is 6.83. The van der Waals surface area contributed by atoms with Crippen LogP contribution in [-0.2, 0) is 9.53 Å². The number of hydrogen-bond acceptors (Lipinski definition) is 5. The maximum absolute atomic E-state index is 11.2. The summed E-state index contributed by atoms with van der Waals surface area (Å²) in [6.07, 6.45) is 0.865. The lowest BCUT2D eigenvalue weighted by atomic mass is 9.80. The van der Waals surface area contributed by atoms with E-state index in [9.17, 15) is 4.79 Å². The minimum Gasteiger partial charge on any atom is -0.480 e. The summed E-state index contributed by atoms with van der Waals surface area (Å²) in [6.45, 7) is 6.90. The Bertz CT molecular complexity index is 353. The summed E-state index contributed by atoms with van der Waals surface area (Å²) in [7, 11) is 0. The molecule has 2 aliphatic heterocycles. The number of rotatable bonds is 4. The van der Waals surface area contributed by atoms with Gasteiger partial charge in [0.05, 0.1) is 19.3 Å². The molecule has 0 saturated carbocycles. The van der Waals surface area contributed by atoms with Crippen molar-refractivity contribution in [3.8, 4) is 6.07 Å². The van der Waals surface area contributed by atoms with Crippen molar-refractivity contribution < 1.29 is 14.6 Å². The molecule has 2 saturated heterocycles. The molecule has 19 heavy (non-hydrogen) atoms. The van der Waals surface area contributed by atoms with E-state index in [-0.39, 0.29) is 0 Å². The Morgan fingerprint density at radius 3 is 2.16 bits per heavy atom. The Labute approximate surface area is 113 Å². The Morgan fingerprint density at radius 1 is 1.16 bits per heavy atom. The number of likely N-dealkylation sites (tertiary alicyclic amines) is 1. The van der Waals surface area contributed by atoms with Gasteiger partial charge in [-0.3, -0.25) is 9.69 Å². The first-order chi connectivity index (χ1) is 9.16. The molecule has 0 radical (unpaired) electrons. The zero-order chi connectivity index (χ0) is 13.7. The number of carbonyl (C=O) groups is 1. The predicted octanol–water partition coefficient (Wildman–Crippen LogP) is 0.00898. The van der Waals surface area contributed by atoms with Crippen LogP contribution in [0.3, 0.4) is 0 Å². The number of carboxylic acid groups (broad SMARTS) is 1. The third-order valence-corrected chi connectivity index (χ3v) is 4.17. The van der Waals surface area contributed by atoms with Gasteiger partial charge in [0.2, 0.25) is 0 Å². The van der Waals surface area contributed by atoms with Crippen molar-refractivity contribution >= 4 is 5.97 Å². The molecule has 6 heteroatoms. The zero-order valence-electron chi connectivity index (χ0n) is 11.2. The molecule has 0 bridgehead atoms. The summed E-state index contributed by atoms with van der Waals surface area (Å²) in [5, 5.41) is 18.2. The Morgan fingerprint density at radius 2 is 1.68 bits per heavy atom. The van der Waals surface area contributed by atoms with E-state index in [0.717, 1.165) is 39.4 Å². The van der Waals surface area contributed by atoms with Gasteiger partial charge in [-0.25, -0.2) is 0 Å². The molecule has 0 aromatic rings. The number of ether oxygens (including phenoxy) is 1. The minimum atomic E-state index is -1.16. The third kappa shape index (κ3) is 3.44. The van der Waals surface area contributed by atoms with E-state index >= 15 is 0 Å². The van der Waals surface area contributed by atoms with E-state index in [1.807, 2.05) is 6.07 Å². The topological polar surface area (TPSA) is 76.8 Å². The average Bonchev–Trinajstić information content (AvgIpc) is 2.46. The van der Waals surface area contributed by atoms with Gasteiger partial charge in [0.15, 0.2) is 5.41 Å². The second-order valence-electron chi connectivity index (χ2n) is 5.29. The molecule has 0 unspecified atom stereocenters. The highest BCUT2D eigenvalue weighted by atomic mass is 16.5. The molecule has 106 valence electrons. The molecule has 0 amide bonds. The van der Waals surface area contributed by atoms with Crippen molar-refractivity contribution in [3.63, 3.8) is 0 Å². The quantitative estimate of drug-likeness (QED) is 0.773. The fourth-order valence-electron chi connectivity index (χ4n) is 2.64. The third-order valence-electron chi connectivity index (χ3n) is 4.17. The van der Waals surface area contributed by atoms with E-state index < -0.39 is 11.4 Å². The summed E-state index contributed by atoms with van der Waals surface area (Å²) in [4.78, 5) is 15.8. The monoisotopic (exact) mass is 267 g/mol. The average molecular weight is 267 g/mol. The second-order valence-corrected chi connectivity index (χ2v) is 5.29. The van der Waals surface area contributed by atoms with Crippen molar-refractivity contribution in [1.82, 2.24) is 9.80 Å². The number of hydrogen-bond donors (Lipinski definition) is 1. The minimum absolute atomic E-state index is 0.432. The lowest BCUT2D eigenvalue weighted by Crippen LogP contribution is -2.47. The first-order valence-electron chi connectivity index (χ1n) is 6.83. The predicted molar refractivity (Wildman–Crippen MR) is 68.6 cm³/mol. The van der Waals surface area contributed by atoms with Crippen LogP contribution in [0.4, 0.5) is 0 Å². The molecule has 0 aromatic heterocycles. The highest BCUT2D eigenvalue weighted by molar-refractivity contribution is 5.78. The maximum Gasteiger partial charge on any atom is 0.324 e. The molecule has 0 aliphatic carbocycles. The fraction of sp³-hybridized carbons (Fsp3) is 0.846. The number of nitriles is 1. The summed E-state index contributed by atoms with van der Waals surface area (Å²) in [6, 6.07) is 1.99. The van der Waals surface area contributed by atoms with Gasteiger partial charge >= 0.3 is 5.97 Å². The number of piperidine rings is 1. The van der Waals surface area contributed by atoms with E-state index in [1.165, 1.54) is 0 Å². The molecule has 1 N–H and O–H groups in total. The SMILES string of the molecule is N#CC1(C(=O)O)CCN(CCN2CCOCC2)CC1. The highest BCUT2D eigenvalue weighted by Crippen LogP contribution is 2.30. The van der Waals surface area contributed by atoms with E-state index in [1.54, 1.807) is 0 Å². The molecule has 0 atom stereocenters. The van der Waals surface area contributed by atoms with E-state index in [0.29, 0.717) is 25.9 Å². The Hall–Kier alpha value is -1.16. The van der Waals surface area contributed by atoms with Gasteiger partial charge in [0.25, 0.3) is 0 Å². The van der Waals surface area contributed by atoms with Crippen molar-refractivity contribution in [2.45, 2.75) is 12.8 Å². The zero-order valence-corrected chi connectivity index (χ0v) is 11.2. The summed E-state index contributed by atoms with van der Waals surface area (Å²) in [5.74, 6) is -0.970. The van der Waals surface area contributed by atoms with Crippen molar-refractivity contribution in [1.29, 1.82) is 5.26 Å². The lowest BCUT2D eigenvalue weighted by Gasteiger charge is -2.36. The summed E-state index contributed by atoms with van der Waals surface area (Å²) >= 11 is 0. The van der Waals surface area contributed by atoms with Crippen LogP contribution < -0.4 is 0 Å². The molecule has 6 nitrogen and oxygen atoms in total. The van der Waals surface area contributed by atoms with Crippen LogP contribution in [0, 0.1) is 16.7 Å². The van der Waals surface area contributed by atoms with Crippen molar-refractivity contribution in [2.75, 3.05) is 52.5 Å². The normalized spacial score (nSPS) is 24.8. The molecule has 0 aromatic carbocycles. The van der Waals surface area contributed by atoms with Crippen molar-refractivity contribution in [2.24, 2.45) is 5.41 Å². The second kappa shape index (κ2) is 6.33. The van der Waals surface area contributed by atoms with Crippen molar-refractivity contribution in [3.05, 3.63) is 0 Å². The molecular formula is C13H21N3O3. The van der Waals surface area contributed by atoms with Crippen LogP contribution in [0.2, 0.25) is 0 Å². The molecular weight excluding hydrogens is 246 g/mol. The van der Waals surface area contributed by atoms with Gasteiger partial charge in [-0.1, -0.05) is 0 Å². The highest BCUT2D eigenvalue weighted by Gasteiger charge is 2.41. The molecule has 0 spiro atoms. The Kier molecular flexibility index (Phi) is 4.75. The van der Waals surface area contributed by atoms with E-state index in [4.69, 9.17) is 15.1 Å². The van der Waals surface area contributed by atoms with Crippen LogP contribution in [0.5, 0.6) is 0 Å². The standard InChI is InChI=1S/C13H21N3O3/c14-11-13(12(17)18)1-3-15(4-2-13)5-6-16-7-9-19-10-8-16/h1-10H2,(H,17,18). The molecule has 2 aliphatic rings. The van der Waals surface area contributed by atoms with Gasteiger partial charge in [-0.05, 0) is 12.8 Å². The number of morpholine rings is 1. The largest absolute Gasteiger partial charge is 0.480 e. The first kappa shape index (κ1) is 14.3. The van der Waals surface area contributed by atoms with Gasteiger partial charge in [0.1, 0.15) is 0 Å². The molecule has 2 rings (SSSR count). The van der Waals surface area contributed by atoms with Gasteiger partial charge in [-0.2, -0.15) is 5.26 Å². The number of carboxylic acids is 1. The molecule has 2 heterocycles. The number of nitrogens with zero attached hydrogens (tertiary/aromatic N) is 3. The van der Waals surface area contributed by atoms with Crippen LogP contribution in [-0.4, -0.2) is 73.4 Å². The Balaban J connectivity index is 1.74.